The van der Waals surface area contributed by atoms with E-state index in [0.717, 1.165) is 55.5 Å². The third-order valence-electron chi connectivity index (χ3n) is 4.84. The SMILES string of the molecule is CCc1noc(CC)c1CNC(=NC)NCc1ccc(N2CC=CC2)cc1.I. The van der Waals surface area contributed by atoms with Crippen LogP contribution in [0.2, 0.25) is 0 Å². The first-order valence-electron chi connectivity index (χ1n) is 9.64. The molecule has 0 bridgehead atoms. The van der Waals surface area contributed by atoms with Crippen LogP contribution in [0.4, 0.5) is 5.69 Å². The van der Waals surface area contributed by atoms with Gasteiger partial charge in [0.05, 0.1) is 5.69 Å². The van der Waals surface area contributed by atoms with Gasteiger partial charge in [0.25, 0.3) is 0 Å². The van der Waals surface area contributed by atoms with Crippen molar-refractivity contribution in [3.8, 4) is 0 Å². The second-order valence-electron chi connectivity index (χ2n) is 6.56. The van der Waals surface area contributed by atoms with Crippen LogP contribution >= 0.6 is 24.0 Å². The first-order chi connectivity index (χ1) is 13.2. The van der Waals surface area contributed by atoms with Crippen LogP contribution in [0.25, 0.3) is 0 Å². The molecule has 1 aromatic heterocycles. The maximum atomic E-state index is 5.43. The summed E-state index contributed by atoms with van der Waals surface area (Å²) < 4.78 is 5.43. The summed E-state index contributed by atoms with van der Waals surface area (Å²) in [7, 11) is 1.79. The van der Waals surface area contributed by atoms with E-state index in [-0.39, 0.29) is 24.0 Å². The molecule has 6 nitrogen and oxygen atoms in total. The molecule has 2 N–H and O–H groups in total. The van der Waals surface area contributed by atoms with Crippen molar-refractivity contribution in [1.29, 1.82) is 0 Å². The van der Waals surface area contributed by atoms with Gasteiger partial charge in [0.2, 0.25) is 0 Å². The highest BCUT2D eigenvalue weighted by Crippen LogP contribution is 2.18. The number of nitrogens with zero attached hydrogens (tertiary/aromatic N) is 3. The van der Waals surface area contributed by atoms with Gasteiger partial charge in [0.1, 0.15) is 5.76 Å². The molecule has 2 heterocycles. The van der Waals surface area contributed by atoms with Gasteiger partial charge in [-0.05, 0) is 24.1 Å². The molecule has 2 aromatic rings. The number of halogens is 1. The van der Waals surface area contributed by atoms with Crippen LogP contribution < -0.4 is 15.5 Å². The largest absolute Gasteiger partial charge is 0.364 e. The lowest BCUT2D eigenvalue weighted by Gasteiger charge is -2.18. The van der Waals surface area contributed by atoms with E-state index in [1.165, 1.54) is 11.3 Å². The molecule has 0 aliphatic carbocycles. The monoisotopic (exact) mass is 495 g/mol. The van der Waals surface area contributed by atoms with E-state index in [0.29, 0.717) is 6.54 Å². The Morgan fingerprint density at radius 1 is 1.07 bits per heavy atom. The van der Waals surface area contributed by atoms with Crippen LogP contribution in [-0.2, 0) is 25.9 Å². The molecule has 152 valence electrons. The molecule has 0 atom stereocenters. The zero-order valence-corrected chi connectivity index (χ0v) is 19.2. The average Bonchev–Trinajstić information content (AvgIpc) is 3.38. The number of hydrogen-bond donors (Lipinski definition) is 2. The van der Waals surface area contributed by atoms with Crippen LogP contribution in [0.15, 0.2) is 45.9 Å². The van der Waals surface area contributed by atoms with Crippen molar-refractivity contribution >= 4 is 35.6 Å². The Kier molecular flexibility index (Phi) is 8.82. The number of rotatable bonds is 7. The molecule has 28 heavy (non-hydrogen) atoms. The fourth-order valence-electron chi connectivity index (χ4n) is 3.23. The summed E-state index contributed by atoms with van der Waals surface area (Å²) in [6.07, 6.45) is 6.11. The minimum atomic E-state index is 0. The number of nitrogens with one attached hydrogen (secondary N) is 2. The van der Waals surface area contributed by atoms with Crippen LogP contribution in [0, 0.1) is 0 Å². The first-order valence-corrected chi connectivity index (χ1v) is 9.64. The molecule has 0 spiro atoms. The quantitative estimate of drug-likeness (QED) is 0.266. The van der Waals surface area contributed by atoms with Gasteiger partial charge in [-0.25, -0.2) is 0 Å². The summed E-state index contributed by atoms with van der Waals surface area (Å²) in [6.45, 7) is 7.56. The molecular weight excluding hydrogens is 465 g/mol. The molecule has 0 saturated carbocycles. The van der Waals surface area contributed by atoms with Gasteiger partial charge in [0, 0.05) is 50.9 Å². The third kappa shape index (κ3) is 5.50. The molecule has 0 saturated heterocycles. The molecule has 1 aromatic carbocycles. The Bertz CT molecular complexity index is 768. The summed E-state index contributed by atoms with van der Waals surface area (Å²) in [5, 5.41) is 10.9. The minimum absolute atomic E-state index is 0. The van der Waals surface area contributed by atoms with E-state index in [1.807, 2.05) is 0 Å². The Labute approximate surface area is 184 Å². The molecule has 1 aliphatic heterocycles. The highest BCUT2D eigenvalue weighted by Gasteiger charge is 2.13. The van der Waals surface area contributed by atoms with Crippen molar-refractivity contribution in [1.82, 2.24) is 15.8 Å². The van der Waals surface area contributed by atoms with Crippen LogP contribution in [0.1, 0.15) is 36.4 Å². The average molecular weight is 495 g/mol. The molecule has 7 heteroatoms. The van der Waals surface area contributed by atoms with Crippen LogP contribution in [-0.4, -0.2) is 31.3 Å². The minimum Gasteiger partial charge on any atom is -0.364 e. The van der Waals surface area contributed by atoms with Gasteiger partial charge in [-0.15, -0.1) is 24.0 Å². The normalized spacial score (nSPS) is 13.5. The Morgan fingerprint density at radius 2 is 1.75 bits per heavy atom. The number of guanidine groups is 1. The van der Waals surface area contributed by atoms with Gasteiger partial charge in [-0.1, -0.05) is 43.3 Å². The van der Waals surface area contributed by atoms with Crippen molar-refractivity contribution in [2.45, 2.75) is 39.8 Å². The number of aliphatic imine (C=N–C) groups is 1. The zero-order chi connectivity index (χ0) is 19.1. The van der Waals surface area contributed by atoms with E-state index in [2.05, 4.69) is 75.9 Å². The molecule has 0 unspecified atom stereocenters. The van der Waals surface area contributed by atoms with Gasteiger partial charge in [-0.2, -0.15) is 0 Å². The van der Waals surface area contributed by atoms with E-state index < -0.39 is 0 Å². The fourth-order valence-corrected chi connectivity index (χ4v) is 3.23. The number of aryl methyl sites for hydroxylation is 2. The second-order valence-corrected chi connectivity index (χ2v) is 6.56. The highest BCUT2D eigenvalue weighted by atomic mass is 127. The predicted octanol–water partition coefficient (Wildman–Crippen LogP) is 3.66. The summed E-state index contributed by atoms with van der Waals surface area (Å²) in [5.74, 6) is 1.72. The Morgan fingerprint density at radius 3 is 2.36 bits per heavy atom. The van der Waals surface area contributed by atoms with Crippen LogP contribution in [0.5, 0.6) is 0 Å². The highest BCUT2D eigenvalue weighted by molar-refractivity contribution is 14.0. The topological polar surface area (TPSA) is 65.7 Å². The van der Waals surface area contributed by atoms with Crippen molar-refractivity contribution < 1.29 is 4.52 Å². The lowest BCUT2D eigenvalue weighted by molar-refractivity contribution is 0.380. The lowest BCUT2D eigenvalue weighted by atomic mass is 10.1. The predicted molar refractivity (Wildman–Crippen MR) is 126 cm³/mol. The summed E-state index contributed by atoms with van der Waals surface area (Å²) in [4.78, 5) is 6.66. The second kappa shape index (κ2) is 11.1. The van der Waals surface area contributed by atoms with Crippen molar-refractivity contribution in [2.24, 2.45) is 4.99 Å². The van der Waals surface area contributed by atoms with E-state index >= 15 is 0 Å². The summed E-state index contributed by atoms with van der Waals surface area (Å²) in [6, 6.07) is 8.69. The number of benzene rings is 1. The first kappa shape index (κ1) is 22.3. The summed E-state index contributed by atoms with van der Waals surface area (Å²) in [5.41, 5.74) is 4.65. The van der Waals surface area contributed by atoms with Gasteiger partial charge in [0.15, 0.2) is 5.96 Å². The van der Waals surface area contributed by atoms with Crippen molar-refractivity contribution in [3.63, 3.8) is 0 Å². The number of aromatic nitrogens is 1. The van der Waals surface area contributed by atoms with Gasteiger partial charge >= 0.3 is 0 Å². The van der Waals surface area contributed by atoms with Gasteiger partial charge < -0.3 is 20.1 Å². The van der Waals surface area contributed by atoms with E-state index in [4.69, 9.17) is 4.52 Å². The smallest absolute Gasteiger partial charge is 0.191 e. The Hall–Kier alpha value is -2.03. The Balaban J connectivity index is 0.00000280. The third-order valence-corrected chi connectivity index (χ3v) is 4.84. The molecule has 1 aliphatic rings. The standard InChI is InChI=1S/C21H29N5O.HI/c1-4-19-18(20(5-2)27-25-19)15-24-21(22-3)23-14-16-8-10-17(11-9-16)26-12-6-7-13-26;/h6-11H,4-5,12-15H2,1-3H3,(H2,22,23,24);1H. The summed E-state index contributed by atoms with van der Waals surface area (Å²) >= 11 is 0. The van der Waals surface area contributed by atoms with Crippen LogP contribution in [0.3, 0.4) is 0 Å². The van der Waals surface area contributed by atoms with E-state index in [9.17, 15) is 0 Å². The maximum absolute atomic E-state index is 5.43. The van der Waals surface area contributed by atoms with Crippen molar-refractivity contribution in [3.05, 3.63) is 59.0 Å². The number of hydrogen-bond acceptors (Lipinski definition) is 4. The number of anilines is 1. The van der Waals surface area contributed by atoms with E-state index in [1.54, 1.807) is 7.05 Å². The maximum Gasteiger partial charge on any atom is 0.191 e. The zero-order valence-electron chi connectivity index (χ0n) is 16.9. The molecule has 0 radical (unpaired) electrons. The fraction of sp³-hybridized carbons (Fsp3) is 0.429. The molecule has 0 amide bonds. The molecule has 3 rings (SSSR count). The van der Waals surface area contributed by atoms with Gasteiger partial charge in [-0.3, -0.25) is 4.99 Å². The lowest BCUT2D eigenvalue weighted by Crippen LogP contribution is -2.36. The molecular formula is C21H30IN5O. The molecule has 0 fully saturated rings. The van der Waals surface area contributed by atoms with Crippen molar-refractivity contribution in [2.75, 3.05) is 25.0 Å².